The van der Waals surface area contributed by atoms with E-state index in [0.717, 1.165) is 0 Å². The summed E-state index contributed by atoms with van der Waals surface area (Å²) in [7, 11) is 0. The molecule has 0 bridgehead atoms. The summed E-state index contributed by atoms with van der Waals surface area (Å²) in [5.74, 6) is -1.02. The predicted molar refractivity (Wildman–Crippen MR) is 28.1 cm³/mol. The van der Waals surface area contributed by atoms with Crippen molar-refractivity contribution < 1.29 is 40.9 Å². The molecular weight excluding hydrogens is 115 g/mol. The van der Waals surface area contributed by atoms with Gasteiger partial charge in [-0.25, -0.2) is 4.79 Å². The first-order valence-corrected chi connectivity index (χ1v) is 1.73. The van der Waals surface area contributed by atoms with Gasteiger partial charge in [0.05, 0.1) is 5.57 Å². The molecular formula is C5H7NaO2. The number of hydrogen-bond donors (Lipinski definition) is 1. The minimum Gasteiger partial charge on any atom is -1.00 e. The summed E-state index contributed by atoms with van der Waals surface area (Å²) in [6.45, 7) is 6.36. The van der Waals surface area contributed by atoms with E-state index in [-0.39, 0.29) is 36.6 Å². The molecule has 0 unspecified atom stereocenters. The van der Waals surface area contributed by atoms with Crippen molar-refractivity contribution in [1.29, 1.82) is 0 Å². The Hall–Kier alpha value is -0.0500. The van der Waals surface area contributed by atoms with Crippen molar-refractivity contribution in [3.05, 3.63) is 24.8 Å². The van der Waals surface area contributed by atoms with Crippen molar-refractivity contribution in [1.82, 2.24) is 0 Å². The second-order valence-corrected chi connectivity index (χ2v) is 1.03. The largest absolute Gasteiger partial charge is 1.00 e. The predicted octanol–water partition coefficient (Wildman–Crippen LogP) is -2.07. The van der Waals surface area contributed by atoms with Crippen molar-refractivity contribution in [2.24, 2.45) is 0 Å². The van der Waals surface area contributed by atoms with E-state index in [1.165, 1.54) is 6.08 Å². The molecule has 1 N–H and O–H groups in total. The second kappa shape index (κ2) is 5.09. The van der Waals surface area contributed by atoms with E-state index in [4.69, 9.17) is 5.11 Å². The van der Waals surface area contributed by atoms with E-state index in [9.17, 15) is 4.79 Å². The number of rotatable bonds is 2. The average Bonchev–Trinajstić information content (AvgIpc) is 1.65. The number of carboxylic acid groups (broad SMARTS) is 1. The van der Waals surface area contributed by atoms with Crippen molar-refractivity contribution in [2.45, 2.75) is 0 Å². The molecule has 0 saturated carbocycles. The van der Waals surface area contributed by atoms with Crippen LogP contribution < -0.4 is 29.6 Å². The zero-order valence-corrected chi connectivity index (χ0v) is 6.85. The summed E-state index contributed by atoms with van der Waals surface area (Å²) < 4.78 is 0. The third-order valence-electron chi connectivity index (χ3n) is 0.521. The van der Waals surface area contributed by atoms with Gasteiger partial charge in [0, 0.05) is 0 Å². The van der Waals surface area contributed by atoms with Gasteiger partial charge in [0.2, 0.25) is 0 Å². The van der Waals surface area contributed by atoms with Gasteiger partial charge >= 0.3 is 35.5 Å². The standard InChI is InChI=1S/C5H6O2.Na.H/c1-3-4(2)5(6)7;;/h3H,1-2H2,(H,6,7);;/q;+1;-1. The molecule has 3 heteroatoms. The fourth-order valence-electron chi connectivity index (χ4n) is 0.0873. The Labute approximate surface area is 71.7 Å². The Bertz CT molecular complexity index is 122. The molecule has 8 heavy (non-hydrogen) atoms. The molecule has 0 aliphatic heterocycles. The maximum Gasteiger partial charge on any atom is 1.00 e. The van der Waals surface area contributed by atoms with Crippen LogP contribution >= 0.6 is 0 Å². The van der Waals surface area contributed by atoms with E-state index in [1.807, 2.05) is 0 Å². The van der Waals surface area contributed by atoms with Crippen molar-refractivity contribution in [2.75, 3.05) is 0 Å². The van der Waals surface area contributed by atoms with Crippen LogP contribution in [0.5, 0.6) is 0 Å². The molecule has 0 radical (unpaired) electrons. The smallest absolute Gasteiger partial charge is 1.00 e. The van der Waals surface area contributed by atoms with Crippen LogP contribution in [0.25, 0.3) is 0 Å². The van der Waals surface area contributed by atoms with Gasteiger partial charge in [-0.05, 0) is 0 Å². The van der Waals surface area contributed by atoms with Crippen LogP contribution in [0.15, 0.2) is 24.8 Å². The second-order valence-electron chi connectivity index (χ2n) is 1.03. The molecule has 0 fully saturated rings. The van der Waals surface area contributed by atoms with E-state index in [1.54, 1.807) is 0 Å². The van der Waals surface area contributed by atoms with E-state index in [2.05, 4.69) is 13.2 Å². The number of carbonyl (C=O) groups is 1. The van der Waals surface area contributed by atoms with Crippen LogP contribution in [0.2, 0.25) is 0 Å². The zero-order valence-electron chi connectivity index (χ0n) is 5.85. The van der Waals surface area contributed by atoms with Crippen LogP contribution in [0.3, 0.4) is 0 Å². The maximum atomic E-state index is 9.76. The minimum atomic E-state index is -1.02. The number of carboxylic acids is 1. The quantitative estimate of drug-likeness (QED) is 0.259. The molecule has 0 aliphatic carbocycles. The molecule has 0 atom stereocenters. The molecule has 40 valence electrons. The summed E-state index contributed by atoms with van der Waals surface area (Å²) in [6.07, 6.45) is 1.20. The van der Waals surface area contributed by atoms with Crippen LogP contribution in [-0.4, -0.2) is 11.1 Å². The first-order chi connectivity index (χ1) is 3.18. The first kappa shape index (κ1) is 10.8. The monoisotopic (exact) mass is 122 g/mol. The van der Waals surface area contributed by atoms with Gasteiger partial charge in [0.15, 0.2) is 0 Å². The van der Waals surface area contributed by atoms with Crippen LogP contribution in [0.1, 0.15) is 1.43 Å². The van der Waals surface area contributed by atoms with Gasteiger partial charge in [-0.15, -0.1) is 0 Å². The summed E-state index contributed by atoms with van der Waals surface area (Å²) in [5.41, 5.74) is 0.0278. The molecule has 0 saturated heterocycles. The molecule has 0 heterocycles. The Kier molecular flexibility index (Phi) is 6.91. The molecule has 0 spiro atoms. The Balaban J connectivity index is -0.000000180. The van der Waals surface area contributed by atoms with Crippen LogP contribution in [0.4, 0.5) is 0 Å². The summed E-state index contributed by atoms with van der Waals surface area (Å²) in [6, 6.07) is 0. The summed E-state index contributed by atoms with van der Waals surface area (Å²) in [4.78, 5) is 9.76. The summed E-state index contributed by atoms with van der Waals surface area (Å²) in [5, 5.41) is 8.01. The van der Waals surface area contributed by atoms with E-state index >= 15 is 0 Å². The van der Waals surface area contributed by atoms with Gasteiger partial charge in [-0.1, -0.05) is 19.2 Å². The molecule has 0 amide bonds. The molecule has 0 rings (SSSR count). The van der Waals surface area contributed by atoms with Gasteiger partial charge < -0.3 is 6.53 Å². The Morgan fingerprint density at radius 2 is 2.12 bits per heavy atom. The van der Waals surface area contributed by atoms with Crippen molar-refractivity contribution >= 4 is 5.97 Å². The normalized spacial score (nSPS) is 6.50. The van der Waals surface area contributed by atoms with Crippen molar-refractivity contribution in [3.63, 3.8) is 0 Å². The van der Waals surface area contributed by atoms with Crippen LogP contribution in [-0.2, 0) is 4.79 Å². The van der Waals surface area contributed by atoms with Gasteiger partial charge in [-0.3, -0.25) is 0 Å². The van der Waals surface area contributed by atoms with E-state index in [0.29, 0.717) is 0 Å². The van der Waals surface area contributed by atoms with Gasteiger partial charge in [0.25, 0.3) is 0 Å². The average molecular weight is 122 g/mol. The third-order valence-corrected chi connectivity index (χ3v) is 0.521. The fourth-order valence-corrected chi connectivity index (χ4v) is 0.0873. The summed E-state index contributed by atoms with van der Waals surface area (Å²) >= 11 is 0. The van der Waals surface area contributed by atoms with Gasteiger partial charge in [0.1, 0.15) is 0 Å². The molecule has 0 aromatic heterocycles. The number of aliphatic carboxylic acids is 1. The third kappa shape index (κ3) is 4.12. The first-order valence-electron chi connectivity index (χ1n) is 1.73. The Morgan fingerprint density at radius 1 is 1.75 bits per heavy atom. The van der Waals surface area contributed by atoms with E-state index < -0.39 is 5.97 Å². The SMILES string of the molecule is C=CC(=C)C(=O)O.[H-].[Na+]. The number of hydrogen-bond acceptors (Lipinski definition) is 1. The van der Waals surface area contributed by atoms with Gasteiger partial charge in [-0.2, -0.15) is 0 Å². The Morgan fingerprint density at radius 3 is 2.12 bits per heavy atom. The molecule has 2 nitrogen and oxygen atoms in total. The molecule has 0 aliphatic rings. The maximum absolute atomic E-state index is 9.76. The molecule has 0 aromatic carbocycles. The van der Waals surface area contributed by atoms with Crippen molar-refractivity contribution in [3.8, 4) is 0 Å². The van der Waals surface area contributed by atoms with Crippen LogP contribution in [0, 0.1) is 0 Å². The molecule has 0 aromatic rings. The minimum absolute atomic E-state index is 0. The zero-order chi connectivity index (χ0) is 5.86. The topological polar surface area (TPSA) is 37.3 Å². The fraction of sp³-hybridized carbons (Fsp3) is 0.